The summed E-state index contributed by atoms with van der Waals surface area (Å²) in [7, 11) is 4.77. The Kier molecular flexibility index (Phi) is 5.70. The molecule has 0 rings (SSSR count). The quantitative estimate of drug-likeness (QED) is 0.241. The molecule has 15 heavy (non-hydrogen) atoms. The van der Waals surface area contributed by atoms with E-state index in [4.69, 9.17) is 11.6 Å². The van der Waals surface area contributed by atoms with Crippen LogP contribution in [0.2, 0.25) is 0 Å². The van der Waals surface area contributed by atoms with Crippen LogP contribution < -0.4 is 0 Å². The average molecular weight is 232 g/mol. The van der Waals surface area contributed by atoms with Crippen LogP contribution in [0.3, 0.4) is 0 Å². The van der Waals surface area contributed by atoms with E-state index in [1.54, 1.807) is 25.2 Å². The summed E-state index contributed by atoms with van der Waals surface area (Å²) in [4.78, 5) is 24.0. The number of allylic oxidation sites excluding steroid dienone is 2. The van der Waals surface area contributed by atoms with Crippen LogP contribution in [0, 0.1) is 0 Å². The zero-order valence-electron chi connectivity index (χ0n) is 9.20. The van der Waals surface area contributed by atoms with E-state index in [1.165, 1.54) is 20.1 Å². The average Bonchev–Trinajstić information content (AvgIpc) is 2.11. The van der Waals surface area contributed by atoms with Crippen molar-refractivity contribution in [1.29, 1.82) is 0 Å². The second kappa shape index (κ2) is 6.24. The Labute approximate surface area is 94.1 Å². The Morgan fingerprint density at radius 2 is 1.87 bits per heavy atom. The molecule has 0 amide bonds. The fourth-order valence-corrected chi connectivity index (χ4v) is 1.14. The Bertz CT molecular complexity index is 319. The summed E-state index contributed by atoms with van der Waals surface area (Å²) < 4.78 is 4.45. The van der Waals surface area contributed by atoms with Gasteiger partial charge in [-0.2, -0.15) is 0 Å². The number of hydrogen-bond acceptors (Lipinski definition) is 4. The molecule has 0 aromatic carbocycles. The highest BCUT2D eigenvalue weighted by molar-refractivity contribution is 6.32. The van der Waals surface area contributed by atoms with Crippen molar-refractivity contribution < 1.29 is 14.3 Å². The Hall–Kier alpha value is -1.29. The van der Waals surface area contributed by atoms with Crippen LogP contribution in [0.4, 0.5) is 0 Å². The van der Waals surface area contributed by atoms with E-state index in [9.17, 15) is 9.59 Å². The molecule has 0 saturated carbocycles. The van der Waals surface area contributed by atoms with Crippen molar-refractivity contribution in [3.8, 4) is 0 Å². The third-order valence-corrected chi connectivity index (χ3v) is 1.66. The number of ether oxygens (including phenoxy) is 1. The van der Waals surface area contributed by atoms with E-state index >= 15 is 0 Å². The molecule has 0 aliphatic rings. The van der Waals surface area contributed by atoms with Gasteiger partial charge in [-0.25, -0.2) is 4.79 Å². The minimum Gasteiger partial charge on any atom is -0.465 e. The number of nitrogens with zero attached hydrogens (tertiary/aromatic N) is 1. The third-order valence-electron chi connectivity index (χ3n) is 1.45. The van der Waals surface area contributed by atoms with Crippen LogP contribution in [0.5, 0.6) is 0 Å². The molecular weight excluding hydrogens is 218 g/mol. The number of carbonyl (C=O) groups excluding carboxylic acids is 2. The normalized spacial score (nSPS) is 12.3. The summed E-state index contributed by atoms with van der Waals surface area (Å²) in [5.74, 6) is -1.07. The van der Waals surface area contributed by atoms with Crippen LogP contribution in [-0.4, -0.2) is 37.9 Å². The number of ketones is 1. The Balaban J connectivity index is 5.01. The highest BCUT2D eigenvalue weighted by Gasteiger charge is 2.14. The van der Waals surface area contributed by atoms with Crippen molar-refractivity contribution in [3.63, 3.8) is 0 Å². The molecule has 0 aliphatic heterocycles. The standard InChI is InChI=1S/C10H14ClNO3/c1-7(13)9(10(14)15-4)5-8(11)6-12(2)3/h5-6H,1-4H3/b8-6-,9-5+. The van der Waals surface area contributed by atoms with E-state index in [0.29, 0.717) is 0 Å². The second-order valence-corrected chi connectivity index (χ2v) is 3.52. The molecule has 0 radical (unpaired) electrons. The van der Waals surface area contributed by atoms with Gasteiger partial charge in [-0.15, -0.1) is 0 Å². The van der Waals surface area contributed by atoms with Gasteiger partial charge in [-0.05, 0) is 13.0 Å². The first-order valence-electron chi connectivity index (χ1n) is 4.23. The molecular formula is C10H14ClNO3. The zero-order chi connectivity index (χ0) is 12.0. The topological polar surface area (TPSA) is 46.6 Å². The van der Waals surface area contributed by atoms with E-state index in [-0.39, 0.29) is 16.4 Å². The van der Waals surface area contributed by atoms with Gasteiger partial charge in [0.1, 0.15) is 5.57 Å². The highest BCUT2D eigenvalue weighted by atomic mass is 35.5. The Morgan fingerprint density at radius 3 is 2.20 bits per heavy atom. The number of halogens is 1. The van der Waals surface area contributed by atoms with Gasteiger partial charge in [0, 0.05) is 20.3 Å². The minimum atomic E-state index is -0.687. The molecule has 0 fully saturated rings. The summed E-state index contributed by atoms with van der Waals surface area (Å²) in [6.45, 7) is 1.28. The summed E-state index contributed by atoms with van der Waals surface area (Å²) in [6.07, 6.45) is 2.86. The van der Waals surface area contributed by atoms with E-state index in [0.717, 1.165) is 0 Å². The molecule has 0 bridgehead atoms. The largest absolute Gasteiger partial charge is 0.465 e. The summed E-state index contributed by atoms with van der Waals surface area (Å²) in [6, 6.07) is 0. The minimum absolute atomic E-state index is 0.0689. The van der Waals surface area contributed by atoms with Crippen molar-refractivity contribution in [2.24, 2.45) is 0 Å². The van der Waals surface area contributed by atoms with E-state index in [2.05, 4.69) is 4.74 Å². The lowest BCUT2D eigenvalue weighted by atomic mass is 10.2. The monoisotopic (exact) mass is 231 g/mol. The van der Waals surface area contributed by atoms with Crippen LogP contribution >= 0.6 is 11.6 Å². The van der Waals surface area contributed by atoms with Crippen LogP contribution in [-0.2, 0) is 14.3 Å². The molecule has 0 heterocycles. The molecule has 0 aromatic rings. The first-order valence-corrected chi connectivity index (χ1v) is 4.61. The second-order valence-electron chi connectivity index (χ2n) is 3.08. The summed E-state index contributed by atoms with van der Waals surface area (Å²) in [5.41, 5.74) is -0.0689. The van der Waals surface area contributed by atoms with Gasteiger partial charge in [-0.1, -0.05) is 11.6 Å². The molecule has 4 nitrogen and oxygen atoms in total. The maximum Gasteiger partial charge on any atom is 0.341 e. The van der Waals surface area contributed by atoms with Crippen LogP contribution in [0.25, 0.3) is 0 Å². The first-order chi connectivity index (χ1) is 6.88. The maximum absolute atomic E-state index is 11.2. The lowest BCUT2D eigenvalue weighted by Crippen LogP contribution is -2.12. The number of methoxy groups -OCH3 is 1. The molecule has 0 unspecified atom stereocenters. The smallest absolute Gasteiger partial charge is 0.341 e. The number of carbonyl (C=O) groups is 2. The summed E-state index contributed by atoms with van der Waals surface area (Å²) >= 11 is 5.80. The molecule has 0 aromatic heterocycles. The first kappa shape index (κ1) is 13.7. The number of esters is 1. The fourth-order valence-electron chi connectivity index (χ4n) is 0.836. The van der Waals surface area contributed by atoms with Gasteiger partial charge < -0.3 is 9.64 Å². The molecule has 0 spiro atoms. The SMILES string of the molecule is COC(=O)/C(=C/C(Cl)=C/N(C)C)C(C)=O. The molecule has 0 saturated heterocycles. The number of rotatable bonds is 4. The lowest BCUT2D eigenvalue weighted by molar-refractivity contribution is -0.137. The molecule has 5 heteroatoms. The number of hydrogen-bond donors (Lipinski definition) is 0. The van der Waals surface area contributed by atoms with Crippen molar-refractivity contribution in [2.75, 3.05) is 21.2 Å². The van der Waals surface area contributed by atoms with E-state index in [1.807, 2.05) is 0 Å². The van der Waals surface area contributed by atoms with Crippen LogP contribution in [0.1, 0.15) is 6.92 Å². The fraction of sp³-hybridized carbons (Fsp3) is 0.400. The van der Waals surface area contributed by atoms with Crippen molar-refractivity contribution >= 4 is 23.4 Å². The molecule has 0 N–H and O–H groups in total. The highest BCUT2D eigenvalue weighted by Crippen LogP contribution is 2.10. The van der Waals surface area contributed by atoms with Gasteiger partial charge in [0.15, 0.2) is 5.78 Å². The van der Waals surface area contributed by atoms with E-state index < -0.39 is 5.97 Å². The van der Waals surface area contributed by atoms with Crippen LogP contribution in [0.15, 0.2) is 22.9 Å². The summed E-state index contributed by atoms with van der Waals surface area (Å²) in [5, 5.41) is 0.288. The van der Waals surface area contributed by atoms with Crippen molar-refractivity contribution in [3.05, 3.63) is 22.9 Å². The van der Waals surface area contributed by atoms with Gasteiger partial charge in [0.05, 0.1) is 12.1 Å². The Morgan fingerprint density at radius 1 is 1.33 bits per heavy atom. The predicted octanol–water partition coefficient (Wildman–Crippen LogP) is 1.32. The predicted molar refractivity (Wildman–Crippen MR) is 58.4 cm³/mol. The van der Waals surface area contributed by atoms with Crippen molar-refractivity contribution in [2.45, 2.75) is 6.92 Å². The zero-order valence-corrected chi connectivity index (χ0v) is 9.96. The number of Topliss-reactive ketones (excluding diaryl/α,β-unsaturated/α-hetero) is 1. The lowest BCUT2D eigenvalue weighted by Gasteiger charge is -2.05. The molecule has 0 atom stereocenters. The van der Waals surface area contributed by atoms with Crippen molar-refractivity contribution in [1.82, 2.24) is 4.90 Å². The van der Waals surface area contributed by atoms with Gasteiger partial charge in [0.25, 0.3) is 0 Å². The molecule has 84 valence electrons. The van der Waals surface area contributed by atoms with Gasteiger partial charge in [-0.3, -0.25) is 4.79 Å². The third kappa shape index (κ3) is 5.22. The maximum atomic E-state index is 11.2. The van der Waals surface area contributed by atoms with Gasteiger partial charge in [0.2, 0.25) is 0 Å². The van der Waals surface area contributed by atoms with Gasteiger partial charge >= 0.3 is 5.97 Å². The molecule has 0 aliphatic carbocycles.